The van der Waals surface area contributed by atoms with Gasteiger partial charge in [0.25, 0.3) is 0 Å². The number of nitrogens with zero attached hydrogens (tertiary/aromatic N) is 2. The van der Waals surface area contributed by atoms with Crippen LogP contribution in [0.25, 0.3) is 0 Å². The molecule has 126 valence electrons. The highest BCUT2D eigenvalue weighted by molar-refractivity contribution is 5.87. The summed E-state index contributed by atoms with van der Waals surface area (Å²) in [5.41, 5.74) is 2.62. The lowest BCUT2D eigenvalue weighted by Crippen LogP contribution is -2.20. The summed E-state index contributed by atoms with van der Waals surface area (Å²) in [6.45, 7) is 2.95. The summed E-state index contributed by atoms with van der Waals surface area (Å²) in [7, 11) is 1.65. The lowest BCUT2D eigenvalue weighted by molar-refractivity contribution is 0.0696. The molecular formula is C19H22N2O3. The van der Waals surface area contributed by atoms with Gasteiger partial charge in [-0.15, -0.1) is 0 Å². The molecule has 2 aromatic rings. The van der Waals surface area contributed by atoms with E-state index in [4.69, 9.17) is 9.84 Å². The highest BCUT2D eigenvalue weighted by Gasteiger charge is 2.23. The predicted molar refractivity (Wildman–Crippen MR) is 91.3 cm³/mol. The van der Waals surface area contributed by atoms with Crippen LogP contribution in [0.2, 0.25) is 0 Å². The lowest BCUT2D eigenvalue weighted by atomic mass is 9.97. The minimum atomic E-state index is -0.865. The van der Waals surface area contributed by atoms with Gasteiger partial charge < -0.3 is 9.84 Å². The zero-order chi connectivity index (χ0) is 16.9. The molecule has 0 aliphatic carbocycles. The Morgan fingerprint density at radius 3 is 3.00 bits per heavy atom. The number of rotatable bonds is 6. The minimum absolute atomic E-state index is 0.366. The molecule has 1 aromatic carbocycles. The summed E-state index contributed by atoms with van der Waals surface area (Å²) in [5.74, 6) is 0.483. The van der Waals surface area contributed by atoms with E-state index < -0.39 is 5.97 Å². The van der Waals surface area contributed by atoms with E-state index in [2.05, 4.69) is 9.88 Å². The topological polar surface area (TPSA) is 62.7 Å². The van der Waals surface area contributed by atoms with Gasteiger partial charge in [-0.1, -0.05) is 12.1 Å². The fourth-order valence-corrected chi connectivity index (χ4v) is 3.31. The van der Waals surface area contributed by atoms with Crippen molar-refractivity contribution in [1.82, 2.24) is 9.88 Å². The summed E-state index contributed by atoms with van der Waals surface area (Å²) in [6.07, 6.45) is 5.65. The van der Waals surface area contributed by atoms with Gasteiger partial charge in [0.05, 0.1) is 18.9 Å². The number of ether oxygens (including phenoxy) is 1. The van der Waals surface area contributed by atoms with E-state index in [1.165, 1.54) is 0 Å². The first-order valence-electron chi connectivity index (χ1n) is 8.16. The molecule has 5 nitrogen and oxygen atoms in total. The molecule has 1 atom stereocenters. The number of carboxylic acid groups (broad SMARTS) is 1. The molecule has 0 radical (unpaired) electrons. The third-order valence-corrected chi connectivity index (χ3v) is 4.48. The molecule has 1 saturated heterocycles. The maximum atomic E-state index is 11.1. The Balaban J connectivity index is 1.57. The van der Waals surface area contributed by atoms with Crippen LogP contribution in [0.4, 0.5) is 0 Å². The van der Waals surface area contributed by atoms with Gasteiger partial charge in [0.15, 0.2) is 0 Å². The summed E-state index contributed by atoms with van der Waals surface area (Å²) in [5, 5.41) is 9.09. The van der Waals surface area contributed by atoms with Gasteiger partial charge >= 0.3 is 5.97 Å². The quantitative estimate of drug-likeness (QED) is 0.884. The number of aromatic nitrogens is 1. The van der Waals surface area contributed by atoms with Gasteiger partial charge in [-0.3, -0.25) is 9.88 Å². The van der Waals surface area contributed by atoms with Gasteiger partial charge in [-0.05, 0) is 54.6 Å². The molecule has 0 bridgehead atoms. The number of likely N-dealkylation sites (tertiary alicyclic amines) is 1. The van der Waals surface area contributed by atoms with Gasteiger partial charge in [0, 0.05) is 19.3 Å². The average molecular weight is 326 g/mol. The van der Waals surface area contributed by atoms with E-state index in [-0.39, 0.29) is 0 Å². The summed E-state index contributed by atoms with van der Waals surface area (Å²) >= 11 is 0. The second-order valence-electron chi connectivity index (χ2n) is 6.33. The smallest absolute Gasteiger partial charge is 0.335 e. The highest BCUT2D eigenvalue weighted by Crippen LogP contribution is 2.23. The zero-order valence-electron chi connectivity index (χ0n) is 13.8. The maximum Gasteiger partial charge on any atom is 0.335 e. The number of pyridine rings is 1. The summed E-state index contributed by atoms with van der Waals surface area (Å²) < 4.78 is 5.22. The second kappa shape index (κ2) is 7.45. The highest BCUT2D eigenvalue weighted by atomic mass is 16.5. The molecule has 1 fully saturated rings. The Hall–Kier alpha value is -2.40. The number of hydrogen-bond acceptors (Lipinski definition) is 4. The molecule has 0 spiro atoms. The molecule has 1 aromatic heterocycles. The third-order valence-electron chi connectivity index (χ3n) is 4.48. The van der Waals surface area contributed by atoms with Crippen molar-refractivity contribution in [2.45, 2.75) is 19.4 Å². The van der Waals surface area contributed by atoms with Crippen molar-refractivity contribution in [2.24, 2.45) is 5.92 Å². The molecule has 1 unspecified atom stereocenters. The lowest BCUT2D eigenvalue weighted by Gasteiger charge is -2.16. The molecular weight excluding hydrogens is 304 g/mol. The average Bonchev–Trinajstić information content (AvgIpc) is 3.02. The number of carboxylic acids is 1. The van der Waals surface area contributed by atoms with Crippen LogP contribution in [0.3, 0.4) is 0 Å². The van der Waals surface area contributed by atoms with Crippen molar-refractivity contribution >= 4 is 5.97 Å². The van der Waals surface area contributed by atoms with Crippen LogP contribution in [0.5, 0.6) is 5.75 Å². The maximum absolute atomic E-state index is 11.1. The van der Waals surface area contributed by atoms with Crippen LogP contribution in [0.15, 0.2) is 42.7 Å². The van der Waals surface area contributed by atoms with E-state index in [1.807, 2.05) is 24.4 Å². The van der Waals surface area contributed by atoms with Crippen molar-refractivity contribution in [3.8, 4) is 5.75 Å². The van der Waals surface area contributed by atoms with Crippen LogP contribution in [-0.2, 0) is 13.0 Å². The SMILES string of the molecule is COc1cncc(CN2CCC(Cc3cccc(C(=O)O)c3)C2)c1. The van der Waals surface area contributed by atoms with Crippen LogP contribution < -0.4 is 4.74 Å². The van der Waals surface area contributed by atoms with Crippen LogP contribution in [-0.4, -0.2) is 41.2 Å². The largest absolute Gasteiger partial charge is 0.495 e. The second-order valence-corrected chi connectivity index (χ2v) is 6.33. The number of benzene rings is 1. The zero-order valence-corrected chi connectivity index (χ0v) is 13.8. The number of methoxy groups -OCH3 is 1. The first-order chi connectivity index (χ1) is 11.6. The monoisotopic (exact) mass is 326 g/mol. The predicted octanol–water partition coefficient (Wildman–Crippen LogP) is 2.85. The normalized spacial score (nSPS) is 17.8. The molecule has 1 N–H and O–H groups in total. The van der Waals surface area contributed by atoms with Gasteiger partial charge in [-0.25, -0.2) is 4.79 Å². The van der Waals surface area contributed by atoms with Crippen molar-refractivity contribution in [3.63, 3.8) is 0 Å². The summed E-state index contributed by atoms with van der Waals surface area (Å²) in [6, 6.07) is 9.30. The minimum Gasteiger partial charge on any atom is -0.495 e. The Morgan fingerprint density at radius 2 is 2.21 bits per heavy atom. The Morgan fingerprint density at radius 1 is 1.33 bits per heavy atom. The number of carbonyl (C=O) groups is 1. The molecule has 0 amide bonds. The van der Waals surface area contributed by atoms with Crippen molar-refractivity contribution in [3.05, 3.63) is 59.4 Å². The molecule has 1 aliphatic heterocycles. The standard InChI is InChI=1S/C19H22N2O3/c1-24-18-9-16(10-20-11-18)13-21-6-5-15(12-21)7-14-3-2-4-17(8-14)19(22)23/h2-4,8-11,15H,5-7,12-13H2,1H3,(H,22,23). The van der Waals surface area contributed by atoms with E-state index in [0.717, 1.165) is 49.4 Å². The first kappa shape index (κ1) is 16.5. The molecule has 24 heavy (non-hydrogen) atoms. The Kier molecular flexibility index (Phi) is 5.11. The number of hydrogen-bond donors (Lipinski definition) is 1. The molecule has 5 heteroatoms. The molecule has 2 heterocycles. The van der Waals surface area contributed by atoms with Crippen LogP contribution in [0, 0.1) is 5.92 Å². The van der Waals surface area contributed by atoms with Gasteiger partial charge in [0.2, 0.25) is 0 Å². The van der Waals surface area contributed by atoms with E-state index in [0.29, 0.717) is 11.5 Å². The Bertz CT molecular complexity index is 717. The van der Waals surface area contributed by atoms with Crippen molar-refractivity contribution in [2.75, 3.05) is 20.2 Å². The fourth-order valence-electron chi connectivity index (χ4n) is 3.31. The van der Waals surface area contributed by atoms with Crippen molar-refractivity contribution < 1.29 is 14.6 Å². The van der Waals surface area contributed by atoms with E-state index in [1.54, 1.807) is 25.4 Å². The molecule has 0 saturated carbocycles. The first-order valence-corrected chi connectivity index (χ1v) is 8.16. The van der Waals surface area contributed by atoms with Crippen LogP contribution >= 0.6 is 0 Å². The number of aromatic carboxylic acids is 1. The van der Waals surface area contributed by atoms with Crippen molar-refractivity contribution in [1.29, 1.82) is 0 Å². The van der Waals surface area contributed by atoms with Crippen LogP contribution in [0.1, 0.15) is 27.9 Å². The van der Waals surface area contributed by atoms with E-state index >= 15 is 0 Å². The van der Waals surface area contributed by atoms with Gasteiger partial charge in [0.1, 0.15) is 5.75 Å². The summed E-state index contributed by atoms with van der Waals surface area (Å²) in [4.78, 5) is 17.7. The fraction of sp³-hybridized carbons (Fsp3) is 0.368. The van der Waals surface area contributed by atoms with Gasteiger partial charge in [-0.2, -0.15) is 0 Å². The third kappa shape index (κ3) is 4.11. The molecule has 1 aliphatic rings. The Labute approximate surface area is 141 Å². The van der Waals surface area contributed by atoms with E-state index in [9.17, 15) is 4.79 Å². The molecule has 3 rings (SSSR count).